The number of halogens is 1. The van der Waals surface area contributed by atoms with E-state index in [1.807, 2.05) is 29.2 Å². The molecule has 1 aliphatic rings. The first-order chi connectivity index (χ1) is 8.76. The van der Waals surface area contributed by atoms with Gasteiger partial charge in [-0.25, -0.2) is 0 Å². The Hall–Kier alpha value is -1.22. The number of ether oxygens (including phenoxy) is 1. The summed E-state index contributed by atoms with van der Waals surface area (Å²) in [7, 11) is 1.59. The third-order valence-electron chi connectivity index (χ3n) is 3.43. The Bertz CT molecular complexity index is 422. The SMILES string of the molecule is COc1ccccc1C(=O)N1CCC(CCCl)C1. The van der Waals surface area contributed by atoms with Crippen LogP contribution in [-0.2, 0) is 0 Å². The molecule has 0 bridgehead atoms. The zero-order valence-electron chi connectivity index (χ0n) is 10.6. The maximum Gasteiger partial charge on any atom is 0.257 e. The number of carbonyl (C=O) groups excluding carboxylic acids is 1. The van der Waals surface area contributed by atoms with E-state index in [1.54, 1.807) is 7.11 Å². The lowest BCUT2D eigenvalue weighted by molar-refractivity contribution is 0.0783. The van der Waals surface area contributed by atoms with Gasteiger partial charge in [-0.3, -0.25) is 4.79 Å². The minimum absolute atomic E-state index is 0.0597. The molecule has 2 rings (SSSR count). The quantitative estimate of drug-likeness (QED) is 0.785. The smallest absolute Gasteiger partial charge is 0.257 e. The van der Waals surface area contributed by atoms with E-state index in [-0.39, 0.29) is 5.91 Å². The number of methoxy groups -OCH3 is 1. The lowest BCUT2D eigenvalue weighted by Crippen LogP contribution is -2.29. The number of benzene rings is 1. The van der Waals surface area contributed by atoms with Crippen molar-refractivity contribution >= 4 is 17.5 Å². The molecule has 1 aromatic carbocycles. The molecule has 0 aliphatic carbocycles. The molecule has 1 saturated heterocycles. The fourth-order valence-corrected chi connectivity index (χ4v) is 2.71. The van der Waals surface area contributed by atoms with Crippen LogP contribution in [0.15, 0.2) is 24.3 Å². The van der Waals surface area contributed by atoms with Crippen molar-refractivity contribution in [3.8, 4) is 5.75 Å². The molecule has 0 aromatic heterocycles. The van der Waals surface area contributed by atoms with Crippen LogP contribution in [0.3, 0.4) is 0 Å². The topological polar surface area (TPSA) is 29.5 Å². The van der Waals surface area contributed by atoms with Crippen molar-refractivity contribution in [2.24, 2.45) is 5.92 Å². The second kappa shape index (κ2) is 6.10. The molecule has 1 amide bonds. The first-order valence-corrected chi connectivity index (χ1v) is 6.78. The molecule has 1 atom stereocenters. The fraction of sp³-hybridized carbons (Fsp3) is 0.500. The summed E-state index contributed by atoms with van der Waals surface area (Å²) in [6.07, 6.45) is 2.03. The van der Waals surface area contributed by atoms with E-state index in [1.165, 1.54) is 0 Å². The van der Waals surface area contributed by atoms with Crippen LogP contribution >= 0.6 is 11.6 Å². The highest BCUT2D eigenvalue weighted by Crippen LogP contribution is 2.25. The zero-order valence-corrected chi connectivity index (χ0v) is 11.3. The van der Waals surface area contributed by atoms with Crippen LogP contribution in [0.1, 0.15) is 23.2 Å². The van der Waals surface area contributed by atoms with Crippen LogP contribution in [0.25, 0.3) is 0 Å². The van der Waals surface area contributed by atoms with Crippen molar-refractivity contribution in [1.29, 1.82) is 0 Å². The van der Waals surface area contributed by atoms with Gasteiger partial charge in [0.25, 0.3) is 5.91 Å². The van der Waals surface area contributed by atoms with E-state index < -0.39 is 0 Å². The third kappa shape index (κ3) is 2.78. The molecule has 3 nitrogen and oxygen atoms in total. The fourth-order valence-electron chi connectivity index (χ4n) is 2.40. The van der Waals surface area contributed by atoms with E-state index in [0.717, 1.165) is 25.9 Å². The van der Waals surface area contributed by atoms with Gasteiger partial charge in [0.2, 0.25) is 0 Å². The zero-order chi connectivity index (χ0) is 13.0. The van der Waals surface area contributed by atoms with Crippen LogP contribution in [0.4, 0.5) is 0 Å². The molecule has 4 heteroatoms. The number of hydrogen-bond donors (Lipinski definition) is 0. The Morgan fingerprint density at radius 1 is 1.50 bits per heavy atom. The van der Waals surface area contributed by atoms with Gasteiger partial charge < -0.3 is 9.64 Å². The van der Waals surface area contributed by atoms with Gasteiger partial charge in [0.05, 0.1) is 12.7 Å². The van der Waals surface area contributed by atoms with Gasteiger partial charge in [-0.05, 0) is 30.9 Å². The van der Waals surface area contributed by atoms with E-state index >= 15 is 0 Å². The summed E-state index contributed by atoms with van der Waals surface area (Å²) in [6.45, 7) is 1.63. The lowest BCUT2D eigenvalue weighted by Gasteiger charge is -2.18. The first kappa shape index (κ1) is 13.2. The molecule has 1 aromatic rings. The van der Waals surface area contributed by atoms with Gasteiger partial charge >= 0.3 is 0 Å². The van der Waals surface area contributed by atoms with E-state index in [4.69, 9.17) is 16.3 Å². The molecule has 0 spiro atoms. The minimum Gasteiger partial charge on any atom is -0.496 e. The van der Waals surface area contributed by atoms with Crippen LogP contribution < -0.4 is 4.74 Å². The molecule has 1 unspecified atom stereocenters. The summed E-state index contributed by atoms with van der Waals surface area (Å²) in [6, 6.07) is 7.37. The van der Waals surface area contributed by atoms with Crippen LogP contribution in [0.2, 0.25) is 0 Å². The van der Waals surface area contributed by atoms with E-state index in [0.29, 0.717) is 23.1 Å². The van der Waals surface area contributed by atoms with Gasteiger partial charge in [0.15, 0.2) is 0 Å². The number of para-hydroxylation sites is 1. The standard InChI is InChI=1S/C14H18ClNO2/c1-18-13-5-3-2-4-12(13)14(17)16-9-7-11(10-16)6-8-15/h2-5,11H,6-10H2,1H3. The molecule has 1 fully saturated rings. The monoisotopic (exact) mass is 267 g/mol. The lowest BCUT2D eigenvalue weighted by atomic mass is 10.1. The van der Waals surface area contributed by atoms with Crippen molar-refractivity contribution in [1.82, 2.24) is 4.90 Å². The highest BCUT2D eigenvalue weighted by molar-refractivity contribution is 6.17. The van der Waals surface area contributed by atoms with Gasteiger partial charge in [-0.2, -0.15) is 0 Å². The van der Waals surface area contributed by atoms with Gasteiger partial charge in [-0.1, -0.05) is 12.1 Å². The maximum atomic E-state index is 12.4. The molecule has 18 heavy (non-hydrogen) atoms. The van der Waals surface area contributed by atoms with Crippen molar-refractivity contribution in [3.05, 3.63) is 29.8 Å². The molecule has 0 saturated carbocycles. The first-order valence-electron chi connectivity index (χ1n) is 6.24. The molecule has 1 aliphatic heterocycles. The summed E-state index contributed by atoms with van der Waals surface area (Å²) >= 11 is 5.75. The summed E-state index contributed by atoms with van der Waals surface area (Å²) in [5, 5.41) is 0. The summed E-state index contributed by atoms with van der Waals surface area (Å²) in [5.74, 6) is 1.91. The van der Waals surface area contributed by atoms with Crippen LogP contribution in [0.5, 0.6) is 5.75 Å². The number of rotatable bonds is 4. The molecular weight excluding hydrogens is 250 g/mol. The Morgan fingerprint density at radius 2 is 2.28 bits per heavy atom. The van der Waals surface area contributed by atoms with Gasteiger partial charge in [0.1, 0.15) is 5.75 Å². The van der Waals surface area contributed by atoms with Crippen molar-refractivity contribution in [2.45, 2.75) is 12.8 Å². The molecule has 1 heterocycles. The Labute approximate surface area is 113 Å². The highest BCUT2D eigenvalue weighted by atomic mass is 35.5. The van der Waals surface area contributed by atoms with Crippen molar-refractivity contribution in [3.63, 3.8) is 0 Å². The summed E-state index contributed by atoms with van der Waals surface area (Å²) < 4.78 is 5.23. The van der Waals surface area contributed by atoms with Crippen LogP contribution in [-0.4, -0.2) is 36.9 Å². The number of likely N-dealkylation sites (tertiary alicyclic amines) is 1. The second-order valence-corrected chi connectivity index (χ2v) is 4.96. The Morgan fingerprint density at radius 3 is 3.00 bits per heavy atom. The molecule has 98 valence electrons. The summed E-state index contributed by atoms with van der Waals surface area (Å²) in [4.78, 5) is 14.3. The molecule has 0 N–H and O–H groups in total. The predicted octanol–water partition coefficient (Wildman–Crippen LogP) is 2.79. The largest absolute Gasteiger partial charge is 0.496 e. The number of alkyl halides is 1. The average Bonchev–Trinajstić information content (AvgIpc) is 2.87. The number of amides is 1. The number of hydrogen-bond acceptors (Lipinski definition) is 2. The Kier molecular flexibility index (Phi) is 4.48. The number of carbonyl (C=O) groups is 1. The second-order valence-electron chi connectivity index (χ2n) is 4.58. The van der Waals surface area contributed by atoms with E-state index in [2.05, 4.69) is 0 Å². The maximum absolute atomic E-state index is 12.4. The Balaban J connectivity index is 2.08. The normalized spacial score (nSPS) is 19.0. The summed E-state index contributed by atoms with van der Waals surface area (Å²) in [5.41, 5.74) is 0.645. The van der Waals surface area contributed by atoms with Gasteiger partial charge in [-0.15, -0.1) is 11.6 Å². The van der Waals surface area contributed by atoms with Crippen LogP contribution in [0, 0.1) is 5.92 Å². The number of nitrogens with zero attached hydrogens (tertiary/aromatic N) is 1. The molecular formula is C14H18ClNO2. The van der Waals surface area contributed by atoms with Gasteiger partial charge in [0, 0.05) is 19.0 Å². The minimum atomic E-state index is 0.0597. The third-order valence-corrected chi connectivity index (χ3v) is 3.65. The van der Waals surface area contributed by atoms with Crippen molar-refractivity contribution in [2.75, 3.05) is 26.1 Å². The molecule has 0 radical (unpaired) electrons. The van der Waals surface area contributed by atoms with E-state index in [9.17, 15) is 4.79 Å². The van der Waals surface area contributed by atoms with Crippen molar-refractivity contribution < 1.29 is 9.53 Å². The predicted molar refractivity (Wildman–Crippen MR) is 72.3 cm³/mol. The average molecular weight is 268 g/mol. The highest BCUT2D eigenvalue weighted by Gasteiger charge is 2.27.